The number of hydrogen-bond acceptors (Lipinski definition) is 6. The molecule has 26 heavy (non-hydrogen) atoms. The molecular weight excluding hydrogens is 360 g/mol. The Bertz CT molecular complexity index is 728. The molecule has 0 aromatic heterocycles. The van der Waals surface area contributed by atoms with E-state index in [0.29, 0.717) is 12.2 Å². The van der Waals surface area contributed by atoms with E-state index in [1.54, 1.807) is 19.1 Å². The van der Waals surface area contributed by atoms with Crippen molar-refractivity contribution in [2.24, 2.45) is 0 Å². The molecule has 1 rings (SSSR count). The smallest absolute Gasteiger partial charge is 0.321 e. The number of methoxy groups -OCH3 is 1. The molecule has 1 aromatic rings. The molecule has 0 saturated carbocycles. The van der Waals surface area contributed by atoms with E-state index in [0.717, 1.165) is 11.0 Å². The highest BCUT2D eigenvalue weighted by Gasteiger charge is 2.13. The standard InChI is InChI=1S/C17H24N2O6S/c1-13-4-6-15(7-5-13)8-9-26(22,23)18-10-17(21)25-12-16(20)19-14(2)11-24-3/h4-9,14,18H,10-12H2,1-3H3,(H,19,20)/b9-8+. The van der Waals surface area contributed by atoms with E-state index in [1.165, 1.54) is 13.2 Å². The van der Waals surface area contributed by atoms with Gasteiger partial charge in [0.05, 0.1) is 6.61 Å². The molecule has 1 amide bonds. The summed E-state index contributed by atoms with van der Waals surface area (Å²) in [5.41, 5.74) is 1.77. The molecule has 0 aliphatic carbocycles. The number of amides is 1. The molecular formula is C17H24N2O6S. The Balaban J connectivity index is 2.38. The van der Waals surface area contributed by atoms with Crippen LogP contribution in [-0.2, 0) is 29.1 Å². The molecule has 144 valence electrons. The van der Waals surface area contributed by atoms with Crippen molar-refractivity contribution in [3.05, 3.63) is 40.8 Å². The molecule has 1 aromatic carbocycles. The van der Waals surface area contributed by atoms with Gasteiger partial charge in [0.2, 0.25) is 10.0 Å². The average molecular weight is 384 g/mol. The molecule has 0 aliphatic heterocycles. The summed E-state index contributed by atoms with van der Waals surface area (Å²) in [4.78, 5) is 23.1. The fourth-order valence-corrected chi connectivity index (χ4v) is 2.61. The van der Waals surface area contributed by atoms with Gasteiger partial charge in [0.15, 0.2) is 6.61 Å². The Kier molecular flexibility index (Phi) is 8.97. The van der Waals surface area contributed by atoms with Crippen molar-refractivity contribution in [1.82, 2.24) is 10.0 Å². The minimum Gasteiger partial charge on any atom is -0.455 e. The Morgan fingerprint density at radius 2 is 1.88 bits per heavy atom. The zero-order chi connectivity index (χ0) is 19.6. The van der Waals surface area contributed by atoms with Crippen molar-refractivity contribution in [3.63, 3.8) is 0 Å². The van der Waals surface area contributed by atoms with Gasteiger partial charge < -0.3 is 14.8 Å². The Morgan fingerprint density at radius 3 is 2.50 bits per heavy atom. The number of nitrogens with one attached hydrogen (secondary N) is 2. The highest BCUT2D eigenvalue weighted by atomic mass is 32.2. The van der Waals surface area contributed by atoms with Gasteiger partial charge in [0, 0.05) is 18.6 Å². The Morgan fingerprint density at radius 1 is 1.23 bits per heavy atom. The molecule has 0 radical (unpaired) electrons. The number of sulfonamides is 1. The van der Waals surface area contributed by atoms with E-state index in [1.807, 2.05) is 19.1 Å². The number of carbonyl (C=O) groups is 2. The van der Waals surface area contributed by atoms with E-state index in [-0.39, 0.29) is 6.04 Å². The normalized spacial score (nSPS) is 12.7. The number of aryl methyl sites for hydroxylation is 1. The van der Waals surface area contributed by atoms with Crippen LogP contribution in [0.15, 0.2) is 29.7 Å². The van der Waals surface area contributed by atoms with Gasteiger partial charge in [-0.1, -0.05) is 29.8 Å². The van der Waals surface area contributed by atoms with Gasteiger partial charge in [-0.05, 0) is 25.5 Å². The van der Waals surface area contributed by atoms with Crippen LogP contribution < -0.4 is 10.0 Å². The predicted octanol–water partition coefficient (Wildman–Crippen LogP) is 0.579. The molecule has 1 atom stereocenters. The lowest BCUT2D eigenvalue weighted by atomic mass is 10.2. The third-order valence-electron chi connectivity index (χ3n) is 3.12. The Hall–Kier alpha value is -2.23. The first-order chi connectivity index (χ1) is 12.2. The van der Waals surface area contributed by atoms with Crippen LogP contribution in [0.2, 0.25) is 0 Å². The maximum atomic E-state index is 11.8. The third-order valence-corrected chi connectivity index (χ3v) is 4.16. The summed E-state index contributed by atoms with van der Waals surface area (Å²) in [5, 5.41) is 3.52. The van der Waals surface area contributed by atoms with Gasteiger partial charge in [0.25, 0.3) is 5.91 Å². The van der Waals surface area contributed by atoms with Crippen molar-refractivity contribution < 1.29 is 27.5 Å². The lowest BCUT2D eigenvalue weighted by molar-refractivity contribution is -0.147. The van der Waals surface area contributed by atoms with Crippen LogP contribution in [0.3, 0.4) is 0 Å². The van der Waals surface area contributed by atoms with Crippen LogP contribution in [0, 0.1) is 6.92 Å². The first kappa shape index (κ1) is 21.8. The quantitative estimate of drug-likeness (QED) is 0.571. The summed E-state index contributed by atoms with van der Waals surface area (Å²) in [6.45, 7) is 2.93. The summed E-state index contributed by atoms with van der Waals surface area (Å²) in [6, 6.07) is 7.04. The third kappa shape index (κ3) is 9.30. The highest BCUT2D eigenvalue weighted by Crippen LogP contribution is 2.05. The van der Waals surface area contributed by atoms with Crippen LogP contribution in [0.4, 0.5) is 0 Å². The number of hydrogen-bond donors (Lipinski definition) is 2. The summed E-state index contributed by atoms with van der Waals surface area (Å²) in [6.07, 6.45) is 1.41. The average Bonchev–Trinajstić information content (AvgIpc) is 2.58. The molecule has 0 spiro atoms. The molecule has 0 bridgehead atoms. The molecule has 0 heterocycles. The molecule has 9 heteroatoms. The van der Waals surface area contributed by atoms with E-state index in [2.05, 4.69) is 10.0 Å². The largest absolute Gasteiger partial charge is 0.455 e. The fraction of sp³-hybridized carbons (Fsp3) is 0.412. The van der Waals surface area contributed by atoms with Gasteiger partial charge in [-0.2, -0.15) is 0 Å². The maximum Gasteiger partial charge on any atom is 0.321 e. The zero-order valence-electron chi connectivity index (χ0n) is 15.0. The van der Waals surface area contributed by atoms with Gasteiger partial charge in [0.1, 0.15) is 6.54 Å². The molecule has 0 aliphatic rings. The number of benzene rings is 1. The topological polar surface area (TPSA) is 111 Å². The van der Waals surface area contributed by atoms with Crippen LogP contribution in [0.1, 0.15) is 18.1 Å². The van der Waals surface area contributed by atoms with Crippen molar-refractivity contribution >= 4 is 28.0 Å². The second kappa shape index (κ2) is 10.7. The van der Waals surface area contributed by atoms with Gasteiger partial charge in [-0.15, -0.1) is 0 Å². The summed E-state index contributed by atoms with van der Waals surface area (Å²) in [7, 11) is -2.30. The molecule has 1 unspecified atom stereocenters. The summed E-state index contributed by atoms with van der Waals surface area (Å²) >= 11 is 0. The Labute approximate surface area is 153 Å². The minimum absolute atomic E-state index is 0.225. The van der Waals surface area contributed by atoms with Crippen LogP contribution in [-0.4, -0.2) is 53.2 Å². The van der Waals surface area contributed by atoms with Gasteiger partial charge in [-0.25, -0.2) is 13.1 Å². The highest BCUT2D eigenvalue weighted by molar-refractivity contribution is 7.92. The summed E-state index contributed by atoms with van der Waals surface area (Å²) < 4.78 is 35.3. The van der Waals surface area contributed by atoms with Crippen molar-refractivity contribution in [1.29, 1.82) is 0 Å². The summed E-state index contributed by atoms with van der Waals surface area (Å²) in [5.74, 6) is -1.35. The van der Waals surface area contributed by atoms with Crippen molar-refractivity contribution in [2.45, 2.75) is 19.9 Å². The second-order valence-electron chi connectivity index (χ2n) is 5.66. The van der Waals surface area contributed by atoms with Crippen molar-refractivity contribution in [3.8, 4) is 0 Å². The number of carbonyl (C=O) groups excluding carboxylic acids is 2. The molecule has 8 nitrogen and oxygen atoms in total. The van der Waals surface area contributed by atoms with E-state index in [9.17, 15) is 18.0 Å². The van der Waals surface area contributed by atoms with Crippen molar-refractivity contribution in [2.75, 3.05) is 26.9 Å². The maximum absolute atomic E-state index is 11.8. The van der Waals surface area contributed by atoms with Crippen LogP contribution in [0.5, 0.6) is 0 Å². The van der Waals surface area contributed by atoms with E-state index >= 15 is 0 Å². The lowest BCUT2D eigenvalue weighted by Gasteiger charge is -2.12. The fourth-order valence-electron chi connectivity index (χ4n) is 1.86. The first-order valence-electron chi connectivity index (χ1n) is 7.90. The SMILES string of the molecule is COCC(C)NC(=O)COC(=O)CNS(=O)(=O)/C=C/c1ccc(C)cc1. The molecule has 0 saturated heterocycles. The first-order valence-corrected chi connectivity index (χ1v) is 9.45. The molecule has 2 N–H and O–H groups in total. The van der Waals surface area contributed by atoms with Gasteiger partial charge in [-0.3, -0.25) is 9.59 Å². The number of rotatable bonds is 10. The van der Waals surface area contributed by atoms with Crippen LogP contribution in [0.25, 0.3) is 6.08 Å². The monoisotopic (exact) mass is 384 g/mol. The molecule has 0 fully saturated rings. The van der Waals surface area contributed by atoms with Gasteiger partial charge >= 0.3 is 5.97 Å². The van der Waals surface area contributed by atoms with E-state index < -0.39 is 35.1 Å². The minimum atomic E-state index is -3.80. The van der Waals surface area contributed by atoms with Crippen LogP contribution >= 0.6 is 0 Å². The lowest BCUT2D eigenvalue weighted by Crippen LogP contribution is -2.39. The second-order valence-corrected chi connectivity index (χ2v) is 7.32. The predicted molar refractivity (Wildman–Crippen MR) is 97.6 cm³/mol. The zero-order valence-corrected chi connectivity index (χ0v) is 15.8. The number of ether oxygens (including phenoxy) is 2. The number of esters is 1. The van der Waals surface area contributed by atoms with E-state index in [4.69, 9.17) is 9.47 Å².